The molecular formula is C13H14BrN3O2. The molecule has 0 aromatic carbocycles. The third-order valence-corrected chi connectivity index (χ3v) is 3.42. The van der Waals surface area contributed by atoms with Crippen LogP contribution >= 0.6 is 15.9 Å². The first-order valence-electron chi connectivity index (χ1n) is 5.95. The van der Waals surface area contributed by atoms with Crippen LogP contribution in [0.1, 0.15) is 32.6 Å². The molecule has 19 heavy (non-hydrogen) atoms. The van der Waals surface area contributed by atoms with Gasteiger partial charge in [-0.1, -0.05) is 19.0 Å². The molecule has 0 aliphatic carbocycles. The standard InChI is InChI=1S/C13H14BrN3O2/c1-7(2)10(8(3)18)13-16-12(17-19-13)11-9(14)5-4-6-15-11/h4-7,10H,1-3H3. The lowest BCUT2D eigenvalue weighted by atomic mass is 9.92. The lowest BCUT2D eigenvalue weighted by Crippen LogP contribution is -2.15. The van der Waals surface area contributed by atoms with E-state index in [0.29, 0.717) is 17.4 Å². The average Bonchev–Trinajstić information content (AvgIpc) is 2.77. The van der Waals surface area contributed by atoms with Gasteiger partial charge in [0, 0.05) is 10.7 Å². The first-order valence-corrected chi connectivity index (χ1v) is 6.75. The molecular weight excluding hydrogens is 310 g/mol. The van der Waals surface area contributed by atoms with E-state index in [1.165, 1.54) is 6.92 Å². The quantitative estimate of drug-likeness (QED) is 0.864. The summed E-state index contributed by atoms with van der Waals surface area (Å²) in [4.78, 5) is 20.1. The SMILES string of the molecule is CC(=O)C(c1nc(-c2ncccc2Br)no1)C(C)C. The zero-order chi connectivity index (χ0) is 14.0. The zero-order valence-electron chi connectivity index (χ0n) is 10.9. The minimum Gasteiger partial charge on any atom is -0.338 e. The normalized spacial score (nSPS) is 12.7. The van der Waals surface area contributed by atoms with Crippen LogP contribution in [-0.2, 0) is 4.79 Å². The number of carbonyl (C=O) groups excluding carboxylic acids is 1. The van der Waals surface area contributed by atoms with Crippen molar-refractivity contribution >= 4 is 21.7 Å². The van der Waals surface area contributed by atoms with Crippen LogP contribution in [0.15, 0.2) is 27.3 Å². The Morgan fingerprint density at radius 3 is 2.74 bits per heavy atom. The summed E-state index contributed by atoms with van der Waals surface area (Å²) in [7, 11) is 0. The van der Waals surface area contributed by atoms with Crippen LogP contribution in [0, 0.1) is 5.92 Å². The smallest absolute Gasteiger partial charge is 0.237 e. The highest BCUT2D eigenvalue weighted by Crippen LogP contribution is 2.28. The molecule has 0 N–H and O–H groups in total. The largest absolute Gasteiger partial charge is 0.338 e. The van der Waals surface area contributed by atoms with E-state index in [1.807, 2.05) is 19.9 Å². The summed E-state index contributed by atoms with van der Waals surface area (Å²) in [6.45, 7) is 5.43. The molecule has 0 radical (unpaired) electrons. The van der Waals surface area contributed by atoms with Crippen LogP contribution < -0.4 is 0 Å². The molecule has 1 unspecified atom stereocenters. The average molecular weight is 324 g/mol. The second kappa shape index (κ2) is 5.61. The number of nitrogens with zero attached hydrogens (tertiary/aromatic N) is 3. The molecule has 0 saturated carbocycles. The van der Waals surface area contributed by atoms with Crippen molar-refractivity contribution in [3.05, 3.63) is 28.7 Å². The predicted octanol–water partition coefficient (Wildman–Crippen LogP) is 3.22. The van der Waals surface area contributed by atoms with Crippen LogP contribution in [0.2, 0.25) is 0 Å². The Bertz CT molecular complexity index is 595. The highest BCUT2D eigenvalue weighted by Gasteiger charge is 2.27. The van der Waals surface area contributed by atoms with Crippen LogP contribution in [-0.4, -0.2) is 20.9 Å². The number of hydrogen-bond donors (Lipinski definition) is 0. The summed E-state index contributed by atoms with van der Waals surface area (Å²) < 4.78 is 6.00. The molecule has 2 rings (SSSR count). The number of pyridine rings is 1. The number of carbonyl (C=O) groups is 1. The van der Waals surface area contributed by atoms with Crippen LogP contribution in [0.25, 0.3) is 11.5 Å². The molecule has 0 spiro atoms. The molecule has 2 aromatic rings. The number of hydrogen-bond acceptors (Lipinski definition) is 5. The first-order chi connectivity index (χ1) is 9.00. The van der Waals surface area contributed by atoms with E-state index >= 15 is 0 Å². The summed E-state index contributed by atoms with van der Waals surface area (Å²) in [6, 6.07) is 3.66. The maximum absolute atomic E-state index is 11.6. The lowest BCUT2D eigenvalue weighted by molar-refractivity contribution is -0.119. The van der Waals surface area contributed by atoms with Crippen molar-refractivity contribution in [1.29, 1.82) is 0 Å². The topological polar surface area (TPSA) is 68.9 Å². The number of rotatable bonds is 4. The molecule has 1 atom stereocenters. The Morgan fingerprint density at radius 2 is 2.16 bits per heavy atom. The van der Waals surface area contributed by atoms with Crippen LogP contribution in [0.5, 0.6) is 0 Å². The molecule has 0 saturated heterocycles. The summed E-state index contributed by atoms with van der Waals surface area (Å²) in [5.74, 6) is 0.483. The molecule has 0 aliphatic heterocycles. The van der Waals surface area contributed by atoms with Gasteiger partial charge in [0.1, 0.15) is 11.5 Å². The highest BCUT2D eigenvalue weighted by molar-refractivity contribution is 9.10. The Labute approximate surface area is 119 Å². The predicted molar refractivity (Wildman–Crippen MR) is 73.5 cm³/mol. The van der Waals surface area contributed by atoms with Crippen molar-refractivity contribution in [3.63, 3.8) is 0 Å². The maximum Gasteiger partial charge on any atom is 0.237 e. The van der Waals surface area contributed by atoms with E-state index in [9.17, 15) is 4.79 Å². The molecule has 0 amide bonds. The monoisotopic (exact) mass is 323 g/mol. The molecule has 0 aliphatic rings. The van der Waals surface area contributed by atoms with Crippen molar-refractivity contribution in [1.82, 2.24) is 15.1 Å². The van der Waals surface area contributed by atoms with Gasteiger partial charge in [-0.2, -0.15) is 4.98 Å². The van der Waals surface area contributed by atoms with Crippen molar-refractivity contribution in [3.8, 4) is 11.5 Å². The molecule has 2 aromatic heterocycles. The van der Waals surface area contributed by atoms with Gasteiger partial charge >= 0.3 is 0 Å². The molecule has 0 bridgehead atoms. The van der Waals surface area contributed by atoms with Gasteiger partial charge in [0.25, 0.3) is 0 Å². The summed E-state index contributed by atoms with van der Waals surface area (Å²) in [6.07, 6.45) is 1.65. The van der Waals surface area contributed by atoms with Gasteiger partial charge in [-0.15, -0.1) is 0 Å². The Balaban J connectivity index is 2.39. The van der Waals surface area contributed by atoms with Crippen LogP contribution in [0.3, 0.4) is 0 Å². The molecule has 2 heterocycles. The van der Waals surface area contributed by atoms with Gasteiger partial charge in [0.15, 0.2) is 0 Å². The fraction of sp³-hybridized carbons (Fsp3) is 0.385. The fourth-order valence-corrected chi connectivity index (χ4v) is 2.37. The van der Waals surface area contributed by atoms with Crippen molar-refractivity contribution in [2.24, 2.45) is 5.92 Å². The molecule has 5 nitrogen and oxygen atoms in total. The minimum atomic E-state index is -0.372. The second-order valence-corrected chi connectivity index (χ2v) is 5.48. The first kappa shape index (κ1) is 13.9. The number of aromatic nitrogens is 3. The summed E-state index contributed by atoms with van der Waals surface area (Å²) in [5, 5.41) is 3.90. The van der Waals surface area contributed by atoms with E-state index in [2.05, 4.69) is 31.1 Å². The fourth-order valence-electron chi connectivity index (χ4n) is 1.94. The zero-order valence-corrected chi connectivity index (χ0v) is 12.5. The number of halogens is 1. The Hall–Kier alpha value is -1.56. The minimum absolute atomic E-state index is 0.0188. The second-order valence-electron chi connectivity index (χ2n) is 4.62. The Kier molecular flexibility index (Phi) is 4.09. The van der Waals surface area contributed by atoms with E-state index in [1.54, 1.807) is 12.3 Å². The summed E-state index contributed by atoms with van der Waals surface area (Å²) in [5.41, 5.74) is 0.601. The van der Waals surface area contributed by atoms with Crippen molar-refractivity contribution in [2.75, 3.05) is 0 Å². The third kappa shape index (κ3) is 2.89. The van der Waals surface area contributed by atoms with Crippen molar-refractivity contribution < 1.29 is 9.32 Å². The van der Waals surface area contributed by atoms with Crippen LogP contribution in [0.4, 0.5) is 0 Å². The number of Topliss-reactive ketones (excluding diaryl/α,β-unsaturated/α-hetero) is 1. The Morgan fingerprint density at radius 1 is 1.42 bits per heavy atom. The van der Waals surface area contributed by atoms with Gasteiger partial charge in [-0.3, -0.25) is 9.78 Å². The molecule has 0 fully saturated rings. The molecule has 100 valence electrons. The van der Waals surface area contributed by atoms with E-state index in [-0.39, 0.29) is 17.6 Å². The molecule has 6 heteroatoms. The summed E-state index contributed by atoms with van der Waals surface area (Å²) >= 11 is 3.39. The van der Waals surface area contributed by atoms with Gasteiger partial charge < -0.3 is 4.52 Å². The van der Waals surface area contributed by atoms with Gasteiger partial charge in [0.05, 0.1) is 5.92 Å². The van der Waals surface area contributed by atoms with Crippen molar-refractivity contribution in [2.45, 2.75) is 26.7 Å². The van der Waals surface area contributed by atoms with E-state index < -0.39 is 0 Å². The maximum atomic E-state index is 11.6. The third-order valence-electron chi connectivity index (χ3n) is 2.78. The van der Waals surface area contributed by atoms with Gasteiger partial charge in [-0.25, -0.2) is 0 Å². The van der Waals surface area contributed by atoms with Gasteiger partial charge in [-0.05, 0) is 40.9 Å². The lowest BCUT2D eigenvalue weighted by Gasteiger charge is -2.12. The van der Waals surface area contributed by atoms with E-state index in [0.717, 1.165) is 4.47 Å². The van der Waals surface area contributed by atoms with E-state index in [4.69, 9.17) is 4.52 Å². The number of ketones is 1. The van der Waals surface area contributed by atoms with Gasteiger partial charge in [0.2, 0.25) is 11.7 Å². The highest BCUT2D eigenvalue weighted by atomic mass is 79.9.